The maximum Gasteiger partial charge on any atom is 0.414 e. The average molecular weight is 255 g/mol. The first-order valence-electron chi connectivity index (χ1n) is 5.14. The molecule has 1 heterocycles. The monoisotopic (exact) mass is 254 g/mol. The number of carbonyl (C=O) groups is 1. The van der Waals surface area contributed by atoms with Crippen molar-refractivity contribution < 1.29 is 9.53 Å². The van der Waals surface area contributed by atoms with Crippen molar-refractivity contribution in [1.82, 2.24) is 0 Å². The molecule has 0 aromatic heterocycles. The number of amides is 1. The summed E-state index contributed by atoms with van der Waals surface area (Å²) in [7, 11) is 1.32. The fourth-order valence-electron chi connectivity index (χ4n) is 1.97. The maximum atomic E-state index is 11.6. The Hall–Kier alpha value is -1.62. The summed E-state index contributed by atoms with van der Waals surface area (Å²) in [6.07, 6.45) is 0.0317. The van der Waals surface area contributed by atoms with Gasteiger partial charge in [0.25, 0.3) is 0 Å². The van der Waals surface area contributed by atoms with Gasteiger partial charge in [-0.3, -0.25) is 4.90 Å². The van der Waals surface area contributed by atoms with E-state index < -0.39 is 12.1 Å². The van der Waals surface area contributed by atoms with E-state index in [2.05, 4.69) is 5.18 Å². The van der Waals surface area contributed by atoms with Gasteiger partial charge < -0.3 is 4.74 Å². The molecule has 6 heteroatoms. The Morgan fingerprint density at radius 3 is 3.00 bits per heavy atom. The van der Waals surface area contributed by atoms with Crippen LogP contribution in [0.2, 0.25) is 5.02 Å². The van der Waals surface area contributed by atoms with Crippen LogP contribution in [0.4, 0.5) is 10.5 Å². The van der Waals surface area contributed by atoms with Crippen molar-refractivity contribution in [3.8, 4) is 0 Å². The van der Waals surface area contributed by atoms with Gasteiger partial charge in [-0.15, -0.1) is 0 Å². The van der Waals surface area contributed by atoms with E-state index in [0.717, 1.165) is 0 Å². The minimum atomic E-state index is -0.454. The first kappa shape index (κ1) is 11.9. The Bertz CT molecular complexity index is 464. The lowest BCUT2D eigenvalue weighted by atomic mass is 9.97. The molecular weight excluding hydrogens is 244 g/mol. The molecule has 0 spiro atoms. The van der Waals surface area contributed by atoms with E-state index in [1.165, 1.54) is 12.0 Å². The van der Waals surface area contributed by atoms with Gasteiger partial charge in [-0.1, -0.05) is 16.8 Å². The predicted octanol–water partition coefficient (Wildman–Crippen LogP) is 3.12. The topological polar surface area (TPSA) is 59.0 Å². The molecule has 0 fully saturated rings. The third-order valence-electron chi connectivity index (χ3n) is 2.79. The molecule has 1 aromatic carbocycles. The van der Waals surface area contributed by atoms with E-state index in [9.17, 15) is 9.70 Å². The van der Waals surface area contributed by atoms with Crippen LogP contribution in [0.15, 0.2) is 23.4 Å². The highest BCUT2D eigenvalue weighted by Gasteiger charge is 2.29. The minimum absolute atomic E-state index is 0.414. The summed E-state index contributed by atoms with van der Waals surface area (Å²) in [4.78, 5) is 23.8. The molecule has 1 aliphatic heterocycles. The molecule has 0 bridgehead atoms. The van der Waals surface area contributed by atoms with Crippen molar-refractivity contribution in [3.05, 3.63) is 33.7 Å². The molecule has 0 saturated heterocycles. The summed E-state index contributed by atoms with van der Waals surface area (Å²) in [5.41, 5.74) is 1.31. The number of nitroso groups, excluding NO2 is 1. The lowest BCUT2D eigenvalue weighted by molar-refractivity contribution is 0.178. The second kappa shape index (κ2) is 4.71. The molecule has 90 valence electrons. The van der Waals surface area contributed by atoms with Crippen molar-refractivity contribution in [2.24, 2.45) is 5.18 Å². The summed E-state index contributed by atoms with van der Waals surface area (Å²) >= 11 is 5.88. The van der Waals surface area contributed by atoms with Gasteiger partial charge in [0, 0.05) is 17.1 Å². The Balaban J connectivity index is 2.47. The van der Waals surface area contributed by atoms with Crippen molar-refractivity contribution >= 4 is 23.4 Å². The third-order valence-corrected chi connectivity index (χ3v) is 3.02. The number of anilines is 1. The highest BCUT2D eigenvalue weighted by atomic mass is 35.5. The summed E-state index contributed by atoms with van der Waals surface area (Å²) in [6.45, 7) is 0.414. The minimum Gasteiger partial charge on any atom is -0.452 e. The number of halogens is 1. The second-order valence-electron chi connectivity index (χ2n) is 3.73. The van der Waals surface area contributed by atoms with Crippen molar-refractivity contribution in [3.63, 3.8) is 0 Å². The smallest absolute Gasteiger partial charge is 0.414 e. The van der Waals surface area contributed by atoms with Crippen LogP contribution in [0.5, 0.6) is 0 Å². The van der Waals surface area contributed by atoms with Gasteiger partial charge in [0.05, 0.1) is 12.8 Å². The van der Waals surface area contributed by atoms with E-state index in [1.807, 2.05) is 0 Å². The lowest BCUT2D eigenvalue weighted by Gasteiger charge is -2.30. The maximum absolute atomic E-state index is 11.6. The Labute approximate surface area is 103 Å². The van der Waals surface area contributed by atoms with Gasteiger partial charge in [0.1, 0.15) is 6.04 Å². The molecule has 1 aliphatic rings. The average Bonchev–Trinajstić information content (AvgIpc) is 2.36. The van der Waals surface area contributed by atoms with Gasteiger partial charge in [-0.25, -0.2) is 4.79 Å². The number of hydrogen-bond donors (Lipinski definition) is 0. The number of hydrogen-bond acceptors (Lipinski definition) is 4. The SMILES string of the molecule is COC(=O)N1CCC(N=O)c2cc(Cl)ccc21. The van der Waals surface area contributed by atoms with Crippen LogP contribution in [0.25, 0.3) is 0 Å². The number of fused-ring (bicyclic) bond motifs is 1. The fraction of sp³-hybridized carbons (Fsp3) is 0.364. The first-order chi connectivity index (χ1) is 8.17. The Morgan fingerprint density at radius 1 is 1.59 bits per heavy atom. The normalized spacial score (nSPS) is 18.5. The highest BCUT2D eigenvalue weighted by molar-refractivity contribution is 6.30. The first-order valence-corrected chi connectivity index (χ1v) is 5.52. The molecule has 1 atom stereocenters. The molecule has 5 nitrogen and oxygen atoms in total. The molecule has 2 rings (SSSR count). The molecule has 0 radical (unpaired) electrons. The van der Waals surface area contributed by atoms with Gasteiger partial charge >= 0.3 is 6.09 Å². The summed E-state index contributed by atoms with van der Waals surface area (Å²) in [6, 6.07) is 4.58. The number of ether oxygens (including phenoxy) is 1. The van der Waals surface area contributed by atoms with Crippen LogP contribution in [-0.2, 0) is 4.74 Å². The van der Waals surface area contributed by atoms with Crippen molar-refractivity contribution in [2.75, 3.05) is 18.6 Å². The van der Waals surface area contributed by atoms with Gasteiger partial charge in [-0.05, 0) is 24.6 Å². The molecular formula is C11H11ClN2O3. The molecule has 0 aliphatic carbocycles. The quantitative estimate of drug-likeness (QED) is 0.724. The lowest BCUT2D eigenvalue weighted by Crippen LogP contribution is -2.36. The molecule has 0 saturated carbocycles. The van der Waals surface area contributed by atoms with E-state index in [0.29, 0.717) is 29.2 Å². The van der Waals surface area contributed by atoms with Crippen LogP contribution >= 0.6 is 11.6 Å². The standard InChI is InChI=1S/C11H11ClN2O3/c1-17-11(15)14-5-4-9(13-16)8-6-7(12)2-3-10(8)14/h2-3,6,9H,4-5H2,1H3. The predicted molar refractivity (Wildman–Crippen MR) is 64.4 cm³/mol. The van der Waals surface area contributed by atoms with E-state index in [1.54, 1.807) is 18.2 Å². The van der Waals surface area contributed by atoms with Gasteiger partial charge in [0.15, 0.2) is 0 Å². The number of carbonyl (C=O) groups excluding carboxylic acids is 1. The number of methoxy groups -OCH3 is 1. The molecule has 1 unspecified atom stereocenters. The number of benzene rings is 1. The zero-order chi connectivity index (χ0) is 12.4. The zero-order valence-electron chi connectivity index (χ0n) is 9.22. The fourth-order valence-corrected chi connectivity index (χ4v) is 2.16. The third kappa shape index (κ3) is 2.10. The van der Waals surface area contributed by atoms with Crippen LogP contribution < -0.4 is 4.90 Å². The summed E-state index contributed by atoms with van der Waals surface area (Å²) < 4.78 is 4.69. The summed E-state index contributed by atoms with van der Waals surface area (Å²) in [5, 5.41) is 3.58. The van der Waals surface area contributed by atoms with Crippen LogP contribution in [0.1, 0.15) is 18.0 Å². The Morgan fingerprint density at radius 2 is 2.35 bits per heavy atom. The van der Waals surface area contributed by atoms with Crippen LogP contribution in [-0.4, -0.2) is 19.7 Å². The van der Waals surface area contributed by atoms with Gasteiger partial charge in [0.2, 0.25) is 0 Å². The van der Waals surface area contributed by atoms with Crippen LogP contribution in [0.3, 0.4) is 0 Å². The van der Waals surface area contributed by atoms with E-state index in [-0.39, 0.29) is 0 Å². The van der Waals surface area contributed by atoms with Crippen molar-refractivity contribution in [2.45, 2.75) is 12.5 Å². The van der Waals surface area contributed by atoms with E-state index >= 15 is 0 Å². The molecule has 17 heavy (non-hydrogen) atoms. The largest absolute Gasteiger partial charge is 0.452 e. The molecule has 0 N–H and O–H groups in total. The van der Waals surface area contributed by atoms with Gasteiger partial charge in [-0.2, -0.15) is 4.91 Å². The second-order valence-corrected chi connectivity index (χ2v) is 4.17. The highest BCUT2D eigenvalue weighted by Crippen LogP contribution is 2.37. The molecule has 1 amide bonds. The number of nitrogens with zero attached hydrogens (tertiary/aromatic N) is 2. The summed E-state index contributed by atoms with van der Waals surface area (Å²) in [5.74, 6) is 0. The van der Waals surface area contributed by atoms with Crippen molar-refractivity contribution in [1.29, 1.82) is 0 Å². The van der Waals surface area contributed by atoms with Crippen LogP contribution in [0, 0.1) is 4.91 Å². The van der Waals surface area contributed by atoms with E-state index in [4.69, 9.17) is 16.3 Å². The Kier molecular flexibility index (Phi) is 3.28. The molecule has 1 aromatic rings. The number of rotatable bonds is 1. The zero-order valence-corrected chi connectivity index (χ0v) is 9.98.